The number of aryl methyl sites for hydroxylation is 1. The van der Waals surface area contributed by atoms with Gasteiger partial charge in [0.25, 0.3) is 0 Å². The quantitative estimate of drug-likeness (QED) is 0.290. The fraction of sp³-hybridized carbons (Fsp3) is 0.320. The Morgan fingerprint density at radius 2 is 1.90 bits per heavy atom. The summed E-state index contributed by atoms with van der Waals surface area (Å²) in [6.07, 6.45) is 6.42. The first kappa shape index (κ1) is 27.9. The number of rotatable bonds is 8. The van der Waals surface area contributed by atoms with Crippen LogP contribution in [0.2, 0.25) is 10.0 Å². The van der Waals surface area contributed by atoms with Crippen LogP contribution in [-0.2, 0) is 23.1 Å². The maximum atomic E-state index is 11.9. The highest BCUT2D eigenvalue weighted by Crippen LogP contribution is 2.48. The molecule has 0 aliphatic carbocycles. The van der Waals surface area contributed by atoms with Crippen molar-refractivity contribution in [1.29, 1.82) is 0 Å². The van der Waals surface area contributed by atoms with Gasteiger partial charge in [0.2, 0.25) is 11.9 Å². The lowest BCUT2D eigenvalue weighted by molar-refractivity contribution is -0.117. The zero-order chi connectivity index (χ0) is 28.6. The van der Waals surface area contributed by atoms with Crippen LogP contribution in [0.3, 0.4) is 0 Å². The minimum Gasteiger partial charge on any atom is -0.495 e. The van der Waals surface area contributed by atoms with Crippen molar-refractivity contribution in [3.8, 4) is 11.5 Å². The molecule has 12 nitrogen and oxygen atoms in total. The number of anilines is 4. The van der Waals surface area contributed by atoms with E-state index in [2.05, 4.69) is 27.3 Å². The number of nitrogens with zero attached hydrogens (tertiary/aromatic N) is 6. The molecule has 0 spiro atoms. The molecule has 1 aromatic carbocycles. The van der Waals surface area contributed by atoms with Gasteiger partial charge in [-0.15, -0.1) is 0 Å². The van der Waals surface area contributed by atoms with Crippen LogP contribution in [0.5, 0.6) is 11.5 Å². The summed E-state index contributed by atoms with van der Waals surface area (Å²) in [6, 6.07) is 1.10. The van der Waals surface area contributed by atoms with Gasteiger partial charge >= 0.3 is 0 Å². The van der Waals surface area contributed by atoms with Crippen molar-refractivity contribution in [2.24, 2.45) is 7.05 Å². The lowest BCUT2D eigenvalue weighted by Gasteiger charge is -2.39. The van der Waals surface area contributed by atoms with Crippen LogP contribution in [0.15, 0.2) is 37.3 Å². The maximum Gasteiger partial charge on any atom is 0.243 e. The number of nitrogens with one attached hydrogen (secondary N) is 2. The lowest BCUT2D eigenvalue weighted by Crippen LogP contribution is -2.47. The highest BCUT2D eigenvalue weighted by molar-refractivity contribution is 7.80. The molecule has 15 heteroatoms. The second-order valence-corrected chi connectivity index (χ2v) is 10.1. The van der Waals surface area contributed by atoms with E-state index in [1.165, 1.54) is 20.3 Å². The zero-order valence-electron chi connectivity index (χ0n) is 21.9. The van der Waals surface area contributed by atoms with Crippen LogP contribution < -0.4 is 29.9 Å². The number of halogens is 2. The lowest BCUT2D eigenvalue weighted by atomic mass is 10.1. The van der Waals surface area contributed by atoms with Crippen molar-refractivity contribution in [3.63, 3.8) is 0 Å². The summed E-state index contributed by atoms with van der Waals surface area (Å²) in [4.78, 5) is 24.8. The van der Waals surface area contributed by atoms with Gasteiger partial charge in [0.1, 0.15) is 27.4 Å². The van der Waals surface area contributed by atoms with Crippen molar-refractivity contribution in [3.05, 3.63) is 52.9 Å². The van der Waals surface area contributed by atoms with Crippen molar-refractivity contribution >= 4 is 69.6 Å². The third-order valence-electron chi connectivity index (χ3n) is 6.48. The van der Waals surface area contributed by atoms with E-state index in [1.54, 1.807) is 40.0 Å². The Hall–Kier alpha value is -3.65. The number of amides is 1. The van der Waals surface area contributed by atoms with E-state index in [0.717, 1.165) is 5.56 Å². The van der Waals surface area contributed by atoms with Crippen LogP contribution in [0.1, 0.15) is 5.56 Å². The topological polar surface area (TPSA) is 119 Å². The Kier molecular flexibility index (Phi) is 7.99. The number of methoxy groups -OCH3 is 2. The molecule has 40 heavy (non-hydrogen) atoms. The number of benzene rings is 1. The SMILES string of the molecule is C=CC(=O)N[C@H]1COC[C@H]1Nc1ncc2c(n1)N(c1cnn(C)c1)C(=S)N(c1c(Cl)c(OC)cc(OC)c1Cl)C2. The first-order chi connectivity index (χ1) is 19.2. The van der Waals surface area contributed by atoms with E-state index in [9.17, 15) is 4.79 Å². The molecule has 210 valence electrons. The second-order valence-electron chi connectivity index (χ2n) is 8.98. The molecular weight excluding hydrogens is 579 g/mol. The maximum absolute atomic E-state index is 11.9. The molecule has 4 heterocycles. The van der Waals surface area contributed by atoms with Crippen LogP contribution in [0.4, 0.5) is 23.1 Å². The predicted molar refractivity (Wildman–Crippen MR) is 156 cm³/mol. The summed E-state index contributed by atoms with van der Waals surface area (Å²) in [5, 5.41) is 11.4. The van der Waals surface area contributed by atoms with Gasteiger partial charge in [-0.05, 0) is 18.3 Å². The number of thiocarbonyl (C=S) groups is 1. The van der Waals surface area contributed by atoms with E-state index in [-0.39, 0.29) is 34.6 Å². The monoisotopic (exact) mass is 604 g/mol. The molecule has 0 saturated carbocycles. The molecule has 2 aromatic heterocycles. The summed E-state index contributed by atoms with van der Waals surface area (Å²) in [6.45, 7) is 4.50. The van der Waals surface area contributed by atoms with Crippen LogP contribution >= 0.6 is 35.4 Å². The van der Waals surface area contributed by atoms with E-state index in [0.29, 0.717) is 53.0 Å². The summed E-state index contributed by atoms with van der Waals surface area (Å²) in [7, 11) is 4.82. The first-order valence-corrected chi connectivity index (χ1v) is 13.3. The average molecular weight is 606 g/mol. The third-order valence-corrected chi connectivity index (χ3v) is 7.62. The summed E-state index contributed by atoms with van der Waals surface area (Å²) in [5.41, 5.74) is 1.84. The fourth-order valence-corrected chi connectivity index (χ4v) is 5.56. The summed E-state index contributed by atoms with van der Waals surface area (Å²) >= 11 is 19.5. The van der Waals surface area contributed by atoms with E-state index in [1.807, 2.05) is 6.20 Å². The Morgan fingerprint density at radius 1 is 1.20 bits per heavy atom. The average Bonchev–Trinajstić information content (AvgIpc) is 3.57. The van der Waals surface area contributed by atoms with E-state index in [4.69, 9.17) is 54.6 Å². The van der Waals surface area contributed by atoms with Crippen LogP contribution in [0, 0.1) is 0 Å². The minimum atomic E-state index is -0.284. The van der Waals surface area contributed by atoms with Gasteiger partial charge in [0.05, 0.1) is 63.6 Å². The van der Waals surface area contributed by atoms with E-state index >= 15 is 0 Å². The number of fused-ring (bicyclic) bond motifs is 1. The Labute approximate surface area is 245 Å². The van der Waals surface area contributed by atoms with Crippen molar-refractivity contribution < 1.29 is 19.0 Å². The highest BCUT2D eigenvalue weighted by atomic mass is 35.5. The molecule has 2 atom stereocenters. The van der Waals surface area contributed by atoms with Gasteiger partial charge in [0.15, 0.2) is 5.11 Å². The van der Waals surface area contributed by atoms with Crippen LogP contribution in [0.25, 0.3) is 0 Å². The Morgan fingerprint density at radius 3 is 2.52 bits per heavy atom. The highest BCUT2D eigenvalue weighted by Gasteiger charge is 2.36. The number of aromatic nitrogens is 4. The smallest absolute Gasteiger partial charge is 0.243 e. The van der Waals surface area contributed by atoms with Gasteiger partial charge in [-0.1, -0.05) is 29.8 Å². The first-order valence-electron chi connectivity index (χ1n) is 12.1. The molecule has 1 saturated heterocycles. The second kappa shape index (κ2) is 11.5. The zero-order valence-corrected chi connectivity index (χ0v) is 24.2. The van der Waals surface area contributed by atoms with Gasteiger partial charge < -0.3 is 29.7 Å². The Bertz CT molecular complexity index is 1460. The normalized spacial score (nSPS) is 18.4. The minimum absolute atomic E-state index is 0.248. The number of hydrogen-bond donors (Lipinski definition) is 2. The molecule has 1 amide bonds. The van der Waals surface area contributed by atoms with Crippen molar-refractivity contribution in [1.82, 2.24) is 25.1 Å². The standard InChI is InChI=1S/C25H26Cl2N8O4S/c1-5-19(36)30-15-11-39-12-16(15)31-24-28-7-13-9-34(22-20(26)17(37-3)6-18(38-4)21(22)27)25(40)35(23(13)32-24)14-8-29-33(2)10-14/h5-8,10,15-16H,1,9,11-12H2,2-4H3,(H,30,36)(H,28,31,32)/t15-,16+/m0/s1. The molecule has 0 unspecified atom stereocenters. The molecular formula is C25H26Cl2N8O4S. The molecule has 2 N–H and O–H groups in total. The number of carbonyl (C=O) groups is 1. The van der Waals surface area contributed by atoms with Crippen LogP contribution in [-0.4, -0.2) is 70.3 Å². The summed E-state index contributed by atoms with van der Waals surface area (Å²) < 4.78 is 18.2. The van der Waals surface area contributed by atoms with Crippen molar-refractivity contribution in [2.75, 3.05) is 42.5 Å². The van der Waals surface area contributed by atoms with Gasteiger partial charge in [-0.25, -0.2) is 4.98 Å². The van der Waals surface area contributed by atoms with Gasteiger partial charge in [0, 0.05) is 31.1 Å². The fourth-order valence-electron chi connectivity index (χ4n) is 4.51. The molecule has 3 aromatic rings. The number of carbonyl (C=O) groups excluding carboxylic acids is 1. The van der Waals surface area contributed by atoms with Gasteiger partial charge in [-0.3, -0.25) is 14.4 Å². The largest absolute Gasteiger partial charge is 0.495 e. The summed E-state index contributed by atoms with van der Waals surface area (Å²) in [5.74, 6) is 1.38. The van der Waals surface area contributed by atoms with E-state index < -0.39 is 0 Å². The molecule has 0 bridgehead atoms. The Balaban J connectivity index is 1.55. The molecule has 2 aliphatic heterocycles. The predicted octanol–water partition coefficient (Wildman–Crippen LogP) is 3.46. The number of ether oxygens (including phenoxy) is 3. The molecule has 1 fully saturated rings. The molecule has 5 rings (SSSR count). The number of hydrogen-bond acceptors (Lipinski definition) is 9. The van der Waals surface area contributed by atoms with Crippen molar-refractivity contribution in [2.45, 2.75) is 18.6 Å². The molecule has 2 aliphatic rings. The van der Waals surface area contributed by atoms with Gasteiger partial charge in [-0.2, -0.15) is 10.1 Å². The molecule has 0 radical (unpaired) electrons. The third kappa shape index (κ3) is 5.12.